The maximum Gasteiger partial charge on any atom is 0.346 e. The molecule has 442 valence electrons. The maximum absolute atomic E-state index is 15.7. The second kappa shape index (κ2) is 24.3. The molecule has 4 aliphatic carbocycles. The number of esters is 1. The molecule has 0 aromatic carbocycles. The van der Waals surface area contributed by atoms with Crippen LogP contribution in [0.2, 0.25) is 0 Å². The van der Waals surface area contributed by atoms with E-state index in [1.54, 1.807) is 14.0 Å². The molecule has 8 rings (SSSR count). The number of aliphatic hydroxyl groups is 7. The first-order valence-corrected chi connectivity index (χ1v) is 29.6. The third kappa shape index (κ3) is 11.2. The average molecular weight is 1100 g/mol. The van der Waals surface area contributed by atoms with Crippen LogP contribution in [0, 0.1) is 58.2 Å². The van der Waals surface area contributed by atoms with Crippen LogP contribution in [-0.4, -0.2) is 159 Å². The van der Waals surface area contributed by atoms with Crippen LogP contribution >= 0.6 is 0 Å². The molecular weight excluding hydrogens is 1000 g/mol. The van der Waals surface area contributed by atoms with Crippen LogP contribution in [-0.2, 0) is 47.5 Å². The molecule has 1 saturated carbocycles. The van der Waals surface area contributed by atoms with Gasteiger partial charge in [0.25, 0.3) is 0 Å². The van der Waals surface area contributed by atoms with Crippen LogP contribution < -0.4 is 0 Å². The number of hydrogen-bond donors (Lipinski definition) is 7. The lowest BCUT2D eigenvalue weighted by molar-refractivity contribution is -0.338. The predicted molar refractivity (Wildman–Crippen MR) is 288 cm³/mol. The number of Topliss-reactive ketones (excluding diaryl/α,β-unsaturated/α-hetero) is 1. The summed E-state index contributed by atoms with van der Waals surface area (Å²) in [7, 11) is 1.58. The molecule has 17 nitrogen and oxygen atoms in total. The van der Waals surface area contributed by atoms with Crippen LogP contribution in [0.15, 0.2) is 46.3 Å². The minimum Gasteiger partial charge on any atom is -0.511 e. The van der Waals surface area contributed by atoms with Crippen molar-refractivity contribution in [1.82, 2.24) is 0 Å². The molecular formula is C61H96O17. The molecule has 2 bridgehead atoms. The van der Waals surface area contributed by atoms with E-state index >= 15 is 4.79 Å². The summed E-state index contributed by atoms with van der Waals surface area (Å²) < 4.78 is 51.0. The highest BCUT2D eigenvalue weighted by molar-refractivity contribution is 6.26. The Labute approximate surface area is 463 Å². The second-order valence-electron chi connectivity index (χ2n) is 25.6. The number of fused-ring (bicyclic) bond motifs is 4. The lowest BCUT2D eigenvalue weighted by Gasteiger charge is -2.58. The van der Waals surface area contributed by atoms with E-state index in [9.17, 15) is 40.5 Å². The maximum atomic E-state index is 15.7. The molecule has 4 saturated heterocycles. The van der Waals surface area contributed by atoms with Gasteiger partial charge in [0.15, 0.2) is 24.5 Å². The Balaban J connectivity index is 1.09. The molecule has 4 heterocycles. The standard InChI is InChI=1S/C61H96O17/c1-14-39-21-38(28-62)19-31(5)53(75-47-24-44(66)54(36(10)73-47)76-48-25-45(71-13)55(37(11)74-48)77-46-23-43(65)52(67)35(9)72-46)29(3)17-16-18-59(12)26-32(6)33(7)27-61(59)57(69)49(58(70)78-61)56(68)60(15-2)50(39)30(4)20-40-42(64)22-41(63)34(8)51(40)60/h20-21,26,29,31,33-38,40-48,50-55,62-68H,14-19,22-25,27-28H2,1-13H3/b39-21+,56-49+/t29?,31-,33-,34+,35-,36-,37+,38-,40-,41+,42+,43+,44+,45+,46+,47+,48+,50+,51-,52-,53?,54-,55+,59-,60-,61-/m1/s1. The van der Waals surface area contributed by atoms with Gasteiger partial charge in [-0.25, -0.2) is 4.79 Å². The Morgan fingerprint density at radius 1 is 0.718 bits per heavy atom. The van der Waals surface area contributed by atoms with Crippen LogP contribution in [0.25, 0.3) is 0 Å². The molecule has 7 N–H and O–H groups in total. The number of aliphatic hydroxyl groups excluding tert-OH is 7. The van der Waals surface area contributed by atoms with Crippen molar-refractivity contribution in [3.63, 3.8) is 0 Å². The van der Waals surface area contributed by atoms with Gasteiger partial charge in [-0.15, -0.1) is 0 Å². The van der Waals surface area contributed by atoms with Gasteiger partial charge in [0.2, 0.25) is 5.78 Å². The molecule has 4 aliphatic heterocycles. The summed E-state index contributed by atoms with van der Waals surface area (Å²) in [4.78, 5) is 30.5. The molecule has 78 heavy (non-hydrogen) atoms. The fourth-order valence-electron chi connectivity index (χ4n) is 16.1. The number of hydrogen-bond acceptors (Lipinski definition) is 17. The quantitative estimate of drug-likeness (QED) is 0.0656. The van der Waals surface area contributed by atoms with Crippen molar-refractivity contribution in [3.05, 3.63) is 46.3 Å². The molecule has 17 heteroatoms. The van der Waals surface area contributed by atoms with Crippen molar-refractivity contribution in [2.24, 2.45) is 58.2 Å². The summed E-state index contributed by atoms with van der Waals surface area (Å²) in [5.74, 6) is -4.51. The van der Waals surface area contributed by atoms with Crippen molar-refractivity contribution in [1.29, 1.82) is 0 Å². The number of ketones is 1. The smallest absolute Gasteiger partial charge is 0.346 e. The Morgan fingerprint density at radius 3 is 1.95 bits per heavy atom. The van der Waals surface area contributed by atoms with Gasteiger partial charge >= 0.3 is 5.97 Å². The molecule has 0 aromatic heterocycles. The number of carbonyl (C=O) groups excluding carboxylic acids is 2. The number of carbonyl (C=O) groups is 2. The largest absolute Gasteiger partial charge is 0.511 e. The van der Waals surface area contributed by atoms with Gasteiger partial charge in [0.05, 0.1) is 54.9 Å². The zero-order valence-corrected chi connectivity index (χ0v) is 48.7. The third-order valence-electron chi connectivity index (χ3n) is 20.5. The van der Waals surface area contributed by atoms with E-state index in [0.29, 0.717) is 32.1 Å². The molecule has 0 radical (unpaired) electrons. The van der Waals surface area contributed by atoms with Gasteiger partial charge in [-0.3, -0.25) is 4.79 Å². The third-order valence-corrected chi connectivity index (χ3v) is 20.5. The van der Waals surface area contributed by atoms with Gasteiger partial charge in [-0.1, -0.05) is 89.8 Å². The van der Waals surface area contributed by atoms with Crippen molar-refractivity contribution < 1.29 is 83.2 Å². The van der Waals surface area contributed by atoms with E-state index in [1.165, 1.54) is 0 Å². The van der Waals surface area contributed by atoms with Crippen LogP contribution in [0.1, 0.15) is 154 Å². The molecule has 0 amide bonds. The first kappa shape index (κ1) is 61.5. The van der Waals surface area contributed by atoms with Crippen molar-refractivity contribution in [3.8, 4) is 0 Å². The molecule has 8 aliphatic rings. The molecule has 26 atom stereocenters. The number of rotatable bonds is 10. The highest BCUT2D eigenvalue weighted by Gasteiger charge is 2.67. The highest BCUT2D eigenvalue weighted by atomic mass is 16.7. The fraction of sp³-hybridized carbons (Fsp3) is 0.836. The van der Waals surface area contributed by atoms with Crippen molar-refractivity contribution in [2.75, 3.05) is 13.7 Å². The summed E-state index contributed by atoms with van der Waals surface area (Å²) in [6, 6.07) is 0. The summed E-state index contributed by atoms with van der Waals surface area (Å²) in [6.07, 6.45) is -1.04. The summed E-state index contributed by atoms with van der Waals surface area (Å²) in [5, 5.41) is 80.5. The minimum atomic E-state index is -1.60. The van der Waals surface area contributed by atoms with E-state index in [4.69, 9.17) is 37.9 Å². The normalized spacial score (nSPS) is 50.4. The van der Waals surface area contributed by atoms with Crippen LogP contribution in [0.5, 0.6) is 0 Å². The zero-order chi connectivity index (χ0) is 57.1. The average Bonchev–Trinajstić information content (AvgIpc) is 3.79. The van der Waals surface area contributed by atoms with Gasteiger partial charge in [-0.2, -0.15) is 0 Å². The molecule has 5 fully saturated rings. The molecule has 0 aromatic rings. The lowest BCUT2D eigenvalue weighted by atomic mass is 9.46. The number of allylic oxidation sites excluding steroid dienone is 4. The fourth-order valence-corrected chi connectivity index (χ4v) is 16.1. The Kier molecular flexibility index (Phi) is 19.1. The monoisotopic (exact) mass is 1100 g/mol. The van der Waals surface area contributed by atoms with Crippen LogP contribution in [0.4, 0.5) is 0 Å². The number of ether oxygens (including phenoxy) is 8. The van der Waals surface area contributed by atoms with Gasteiger partial charge < -0.3 is 73.6 Å². The Hall–Kier alpha value is -2.62. The van der Waals surface area contributed by atoms with E-state index in [0.717, 1.165) is 16.7 Å². The minimum absolute atomic E-state index is 0.0872. The molecule has 2 unspecified atom stereocenters. The SMILES string of the molecule is CC/C1=C\[C@H](CO)C[C@@H](C)C(O[C@H]2C[C@H](O)[C@H](O[C@H]3C[C@H](OC)[C@@H](O[C@H]4C[C@H](O)[C@H](O)[C@@H](C)O4)[C@H](C)O3)[C@@H](C)O2)C(C)CCC[C@]2(C)C=C(C)[C@H](C)C[C@]23OC(=O)/C(=C(/O)[C@@]2(CC)[C@@H]4[C@@H](C)[C@@H](O)C[C@H](O)[C@H]4C=C(C)[C@@H]12)C3=O. The second-order valence-corrected chi connectivity index (χ2v) is 25.6. The molecule has 1 spiro atoms. The summed E-state index contributed by atoms with van der Waals surface area (Å²) in [6.45, 7) is 23.4. The zero-order valence-electron chi connectivity index (χ0n) is 48.7. The highest BCUT2D eigenvalue weighted by Crippen LogP contribution is 2.64. The lowest BCUT2D eigenvalue weighted by Crippen LogP contribution is -2.57. The number of methoxy groups -OCH3 is 1. The van der Waals surface area contributed by atoms with E-state index in [-0.39, 0.29) is 80.1 Å². The predicted octanol–water partition coefficient (Wildman–Crippen LogP) is 7.07. The summed E-state index contributed by atoms with van der Waals surface area (Å²) in [5.41, 5.74) is -1.35. The first-order valence-electron chi connectivity index (χ1n) is 29.6. The van der Waals surface area contributed by atoms with Gasteiger partial charge in [0.1, 0.15) is 29.6 Å². The van der Waals surface area contributed by atoms with Crippen molar-refractivity contribution in [2.45, 2.75) is 251 Å². The van der Waals surface area contributed by atoms with Crippen LogP contribution in [0.3, 0.4) is 0 Å². The topological polar surface area (TPSA) is 250 Å². The van der Waals surface area contributed by atoms with E-state index in [2.05, 4.69) is 39.0 Å². The van der Waals surface area contributed by atoms with Gasteiger partial charge in [0, 0.05) is 74.4 Å². The van der Waals surface area contributed by atoms with Crippen molar-refractivity contribution >= 4 is 11.8 Å². The van der Waals surface area contributed by atoms with E-state index < -0.39 is 144 Å². The van der Waals surface area contributed by atoms with Gasteiger partial charge in [-0.05, 0) is 96.3 Å². The Morgan fingerprint density at radius 2 is 1.33 bits per heavy atom. The van der Waals surface area contributed by atoms with E-state index in [1.807, 2.05) is 55.4 Å². The first-order chi connectivity index (χ1) is 36.8. The Bertz CT molecular complexity index is 2240. The summed E-state index contributed by atoms with van der Waals surface area (Å²) >= 11 is 0.